The van der Waals surface area contributed by atoms with E-state index >= 15 is 0 Å². The maximum Gasteiger partial charge on any atom is 0.254 e. The normalized spacial score (nSPS) is 21.2. The van der Waals surface area contributed by atoms with Crippen molar-refractivity contribution in [3.63, 3.8) is 0 Å². The molecular formula is C34H33N7O2. The molecule has 2 saturated carbocycles. The molecule has 2 unspecified atom stereocenters. The van der Waals surface area contributed by atoms with Crippen molar-refractivity contribution in [1.82, 2.24) is 29.0 Å². The smallest absolute Gasteiger partial charge is 0.254 e. The topological polar surface area (TPSA) is 102 Å². The molecule has 0 radical (unpaired) electrons. The summed E-state index contributed by atoms with van der Waals surface area (Å²) in [7, 11) is 3.66. The molecule has 3 atom stereocenters. The molecule has 9 nitrogen and oxygen atoms in total. The number of hydrogen-bond donors (Lipinski definition) is 0. The number of piperidine rings is 1. The van der Waals surface area contributed by atoms with Crippen LogP contribution in [0, 0.1) is 29.1 Å². The van der Waals surface area contributed by atoms with Crippen molar-refractivity contribution in [2.45, 2.75) is 45.2 Å². The van der Waals surface area contributed by atoms with Crippen molar-refractivity contribution in [2.24, 2.45) is 24.8 Å². The number of likely N-dealkylation sites (tertiary alicyclic amines) is 1. The monoisotopic (exact) mass is 571 g/mol. The number of carbonyl (C=O) groups excluding carboxylic acids is 1. The Morgan fingerprint density at radius 2 is 1.95 bits per heavy atom. The van der Waals surface area contributed by atoms with Crippen LogP contribution in [-0.4, -0.2) is 54.6 Å². The zero-order valence-electron chi connectivity index (χ0n) is 24.6. The number of nitriles is 1. The number of ether oxygens (including phenoxy) is 1. The maximum atomic E-state index is 13.7. The van der Waals surface area contributed by atoms with Crippen molar-refractivity contribution < 1.29 is 9.53 Å². The molecule has 1 amide bonds. The summed E-state index contributed by atoms with van der Waals surface area (Å²) in [6, 6.07) is 14.3. The van der Waals surface area contributed by atoms with E-state index in [4.69, 9.17) is 14.7 Å². The molecule has 0 spiro atoms. The Bertz CT molecular complexity index is 1980. The number of amides is 1. The number of nitrogens with zero attached hydrogens (tertiary/aromatic N) is 7. The fraction of sp³-hybridized carbons (Fsp3) is 0.382. The average molecular weight is 572 g/mol. The first-order valence-corrected chi connectivity index (χ1v) is 15.1. The summed E-state index contributed by atoms with van der Waals surface area (Å²) in [5, 5.41) is 10.4. The highest BCUT2D eigenvalue weighted by Gasteiger charge is 2.46. The molecule has 216 valence electrons. The molecule has 8 rings (SSSR count). The van der Waals surface area contributed by atoms with E-state index in [-0.39, 0.29) is 5.91 Å². The predicted molar refractivity (Wildman–Crippen MR) is 163 cm³/mol. The van der Waals surface area contributed by atoms with Gasteiger partial charge in [-0.2, -0.15) is 5.26 Å². The van der Waals surface area contributed by atoms with Gasteiger partial charge in [0, 0.05) is 55.1 Å². The molecule has 3 fully saturated rings. The highest BCUT2D eigenvalue weighted by Crippen LogP contribution is 2.44. The van der Waals surface area contributed by atoms with Gasteiger partial charge in [0.1, 0.15) is 23.0 Å². The zero-order chi connectivity index (χ0) is 29.4. The number of rotatable bonds is 6. The van der Waals surface area contributed by atoms with Gasteiger partial charge in [-0.25, -0.2) is 9.97 Å². The summed E-state index contributed by atoms with van der Waals surface area (Å²) in [5.74, 6) is 3.30. The van der Waals surface area contributed by atoms with Crippen LogP contribution in [0.3, 0.4) is 0 Å². The summed E-state index contributed by atoms with van der Waals surface area (Å²) in [6.45, 7) is 3.97. The molecule has 1 aromatic carbocycles. The Labute approximate surface area is 249 Å². The first kappa shape index (κ1) is 26.0. The lowest BCUT2D eigenvalue weighted by molar-refractivity contribution is 0.0696. The molecule has 3 aliphatic rings. The van der Waals surface area contributed by atoms with Crippen LogP contribution < -0.4 is 4.74 Å². The predicted octanol–water partition coefficient (Wildman–Crippen LogP) is 5.81. The number of carbonyl (C=O) groups is 1. The van der Waals surface area contributed by atoms with Crippen LogP contribution in [-0.2, 0) is 13.6 Å². The minimum Gasteiger partial charge on any atom is -0.494 e. The fourth-order valence-corrected chi connectivity index (χ4v) is 7.39. The van der Waals surface area contributed by atoms with E-state index < -0.39 is 0 Å². The van der Waals surface area contributed by atoms with Gasteiger partial charge >= 0.3 is 0 Å². The molecule has 43 heavy (non-hydrogen) atoms. The van der Waals surface area contributed by atoms with Crippen molar-refractivity contribution in [2.75, 3.05) is 13.7 Å². The summed E-state index contributed by atoms with van der Waals surface area (Å²) < 4.78 is 10.2. The first-order chi connectivity index (χ1) is 20.9. The van der Waals surface area contributed by atoms with Gasteiger partial charge in [0.25, 0.3) is 5.91 Å². The average Bonchev–Trinajstić information content (AvgIpc) is 3.44. The van der Waals surface area contributed by atoms with Crippen LogP contribution in [0.4, 0.5) is 0 Å². The molecule has 1 saturated heterocycles. The second-order valence-electron chi connectivity index (χ2n) is 12.5. The van der Waals surface area contributed by atoms with Crippen molar-refractivity contribution in [3.8, 4) is 34.6 Å². The Hall–Kier alpha value is -4.71. The molecule has 2 aliphatic carbocycles. The molecule has 5 aromatic rings. The zero-order valence-corrected chi connectivity index (χ0v) is 24.6. The molecule has 4 aromatic heterocycles. The van der Waals surface area contributed by atoms with Crippen molar-refractivity contribution in [3.05, 3.63) is 59.9 Å². The minimum atomic E-state index is 0.0704. The second-order valence-corrected chi connectivity index (χ2v) is 12.5. The molecule has 2 bridgehead atoms. The number of aryl methyl sites for hydroxylation is 1. The molecule has 1 aliphatic heterocycles. The standard InChI is InChI=1S/C34H33N7O2/c1-19-23-7-9-28(19)41(18-23)34(42)24-11-27-31(30(13-24)43-3)39(2)33(38-27)29-12-22-6-8-26(25-10-21(14-35)15-36-16-25)37-32(22)40(29)17-20-4-5-20/h6,8,10-13,15-16,19-20,23,28H,4-5,7,9,17-18H2,1-3H3/t19-,23?,28?/m1/s1. The van der Waals surface area contributed by atoms with Gasteiger partial charge in [0.15, 0.2) is 5.82 Å². The third-order valence-electron chi connectivity index (χ3n) is 9.95. The van der Waals surface area contributed by atoms with Gasteiger partial charge in [0.2, 0.25) is 0 Å². The van der Waals surface area contributed by atoms with Gasteiger partial charge < -0.3 is 18.8 Å². The largest absolute Gasteiger partial charge is 0.494 e. The van der Waals surface area contributed by atoms with Crippen LogP contribution in [0.2, 0.25) is 0 Å². The first-order valence-electron chi connectivity index (χ1n) is 15.1. The van der Waals surface area contributed by atoms with Gasteiger partial charge in [-0.3, -0.25) is 9.78 Å². The van der Waals surface area contributed by atoms with Crippen molar-refractivity contribution in [1.29, 1.82) is 5.26 Å². The Morgan fingerprint density at radius 1 is 1.09 bits per heavy atom. The van der Waals surface area contributed by atoms with Crippen LogP contribution in [0.15, 0.2) is 48.8 Å². The minimum absolute atomic E-state index is 0.0704. The number of imidazole rings is 1. The van der Waals surface area contributed by atoms with E-state index in [0.717, 1.165) is 64.4 Å². The molecular weight excluding hydrogens is 538 g/mol. The SMILES string of the molecule is COc1cc(C(=O)N2CC3CCC2[C@@H]3C)cc2nc(-c3cc4ccc(-c5cncc(C#N)c5)nc4n3CC3CC3)n(C)c12. The fourth-order valence-electron chi connectivity index (χ4n) is 7.39. The Morgan fingerprint density at radius 3 is 2.67 bits per heavy atom. The van der Waals surface area contributed by atoms with Gasteiger partial charge in [-0.05, 0) is 79.8 Å². The number of hydrogen-bond acceptors (Lipinski definition) is 6. The van der Waals surface area contributed by atoms with E-state index in [2.05, 4.69) is 44.1 Å². The Balaban J connectivity index is 1.24. The lowest BCUT2D eigenvalue weighted by atomic mass is 10.0. The highest BCUT2D eigenvalue weighted by molar-refractivity contribution is 6.00. The van der Waals surface area contributed by atoms with Crippen LogP contribution in [0.25, 0.3) is 44.8 Å². The number of methoxy groups -OCH3 is 1. The van der Waals surface area contributed by atoms with E-state index in [1.165, 1.54) is 19.3 Å². The van der Waals surface area contributed by atoms with Crippen LogP contribution in [0.1, 0.15) is 48.5 Å². The van der Waals surface area contributed by atoms with Crippen LogP contribution in [0.5, 0.6) is 5.75 Å². The number of aromatic nitrogens is 5. The highest BCUT2D eigenvalue weighted by atomic mass is 16.5. The van der Waals surface area contributed by atoms with Gasteiger partial charge in [-0.1, -0.05) is 6.92 Å². The molecule has 9 heteroatoms. The number of pyridine rings is 2. The van der Waals surface area contributed by atoms with E-state index in [1.807, 2.05) is 31.3 Å². The van der Waals surface area contributed by atoms with Gasteiger partial charge in [0.05, 0.1) is 29.6 Å². The van der Waals surface area contributed by atoms with Gasteiger partial charge in [-0.15, -0.1) is 0 Å². The van der Waals surface area contributed by atoms with E-state index in [0.29, 0.717) is 40.7 Å². The lowest BCUT2D eigenvalue weighted by Gasteiger charge is -2.27. The van der Waals surface area contributed by atoms with E-state index in [9.17, 15) is 10.1 Å². The number of fused-ring (bicyclic) bond motifs is 4. The summed E-state index contributed by atoms with van der Waals surface area (Å²) in [5.41, 5.74) is 6.20. The lowest BCUT2D eigenvalue weighted by Crippen LogP contribution is -2.38. The third kappa shape index (κ3) is 4.11. The molecule has 5 heterocycles. The van der Waals surface area contributed by atoms with E-state index in [1.54, 1.807) is 19.5 Å². The third-order valence-corrected chi connectivity index (χ3v) is 9.95. The van der Waals surface area contributed by atoms with Crippen molar-refractivity contribution >= 4 is 28.0 Å². The summed E-state index contributed by atoms with van der Waals surface area (Å²) >= 11 is 0. The second kappa shape index (κ2) is 9.66. The van der Waals surface area contributed by atoms with Crippen LogP contribution >= 0.6 is 0 Å². The number of benzene rings is 1. The Kier molecular flexibility index (Phi) is 5.83. The maximum absolute atomic E-state index is 13.7. The molecule has 0 N–H and O–H groups in total. The summed E-state index contributed by atoms with van der Waals surface area (Å²) in [6.07, 6.45) is 8.01. The quantitative estimate of drug-likeness (QED) is 0.255. The summed E-state index contributed by atoms with van der Waals surface area (Å²) in [4.78, 5) is 30.3.